The van der Waals surface area contributed by atoms with E-state index in [2.05, 4.69) is 18.2 Å². The van der Waals surface area contributed by atoms with Crippen LogP contribution < -0.4 is 0 Å². The molecule has 0 bridgehead atoms. The maximum absolute atomic E-state index is 5.50. The molecule has 1 aromatic rings. The molecule has 0 N–H and O–H groups in total. The summed E-state index contributed by atoms with van der Waals surface area (Å²) in [5.74, 6) is 1.04. The minimum Gasteiger partial charge on any atom is -0.341 e. The summed E-state index contributed by atoms with van der Waals surface area (Å²) in [5.41, 5.74) is 2.48. The summed E-state index contributed by atoms with van der Waals surface area (Å²) in [5, 5.41) is -0.588. The number of hydrogen-bond donors (Lipinski definition) is 0. The van der Waals surface area contributed by atoms with Gasteiger partial charge in [0.1, 0.15) is 0 Å². The quantitative estimate of drug-likeness (QED) is 0.698. The standard InChI is InChI=1S/C11H14O2S/c1-12-11(13-2)10-6-4-3-5-9(10)7-8-14-11/h3-6H,7-8H2,1-2H3. The monoisotopic (exact) mass is 210 g/mol. The maximum atomic E-state index is 5.50. The summed E-state index contributed by atoms with van der Waals surface area (Å²) in [6, 6.07) is 8.30. The van der Waals surface area contributed by atoms with Crippen molar-refractivity contribution in [1.29, 1.82) is 0 Å². The van der Waals surface area contributed by atoms with Crippen molar-refractivity contribution in [3.8, 4) is 0 Å². The van der Waals surface area contributed by atoms with Gasteiger partial charge in [-0.3, -0.25) is 0 Å². The van der Waals surface area contributed by atoms with E-state index in [1.165, 1.54) is 5.56 Å². The lowest BCUT2D eigenvalue weighted by Crippen LogP contribution is -2.31. The molecule has 0 aliphatic carbocycles. The molecule has 1 aliphatic heterocycles. The highest BCUT2D eigenvalue weighted by atomic mass is 32.2. The zero-order valence-corrected chi connectivity index (χ0v) is 9.26. The molecule has 1 heterocycles. The fourth-order valence-electron chi connectivity index (χ4n) is 1.83. The molecule has 0 atom stereocenters. The van der Waals surface area contributed by atoms with Crippen LogP contribution in [0.1, 0.15) is 11.1 Å². The van der Waals surface area contributed by atoms with Crippen LogP contribution in [0.4, 0.5) is 0 Å². The summed E-state index contributed by atoms with van der Waals surface area (Å²) in [4.78, 5) is 0. The van der Waals surface area contributed by atoms with Crippen molar-refractivity contribution < 1.29 is 9.47 Å². The van der Waals surface area contributed by atoms with Crippen molar-refractivity contribution in [2.45, 2.75) is 11.5 Å². The average molecular weight is 210 g/mol. The number of rotatable bonds is 2. The molecule has 0 fully saturated rings. The number of ether oxygens (including phenoxy) is 2. The number of aryl methyl sites for hydroxylation is 1. The lowest BCUT2D eigenvalue weighted by molar-refractivity contribution is -0.141. The first-order valence-electron chi connectivity index (χ1n) is 4.65. The molecule has 1 aromatic carbocycles. The molecule has 0 spiro atoms. The van der Waals surface area contributed by atoms with Gasteiger partial charge in [0.05, 0.1) is 0 Å². The topological polar surface area (TPSA) is 18.5 Å². The normalized spacial score (nSPS) is 19.0. The molecule has 14 heavy (non-hydrogen) atoms. The first kappa shape index (κ1) is 10.0. The molecule has 2 rings (SSSR count). The van der Waals surface area contributed by atoms with E-state index in [0.717, 1.165) is 17.7 Å². The third kappa shape index (κ3) is 1.45. The van der Waals surface area contributed by atoms with Gasteiger partial charge in [-0.2, -0.15) is 0 Å². The predicted molar refractivity (Wildman–Crippen MR) is 58.3 cm³/mol. The molecule has 3 heteroatoms. The number of methoxy groups -OCH3 is 2. The van der Waals surface area contributed by atoms with Crippen LogP contribution in [-0.4, -0.2) is 20.0 Å². The van der Waals surface area contributed by atoms with Gasteiger partial charge in [0.15, 0.2) is 0 Å². The van der Waals surface area contributed by atoms with Gasteiger partial charge in [0, 0.05) is 25.5 Å². The Morgan fingerprint density at radius 3 is 2.64 bits per heavy atom. The van der Waals surface area contributed by atoms with Crippen molar-refractivity contribution in [2.75, 3.05) is 20.0 Å². The SMILES string of the molecule is COC1(OC)SCCc2ccccc21. The number of fused-ring (bicyclic) bond motifs is 1. The highest BCUT2D eigenvalue weighted by Crippen LogP contribution is 2.43. The zero-order valence-electron chi connectivity index (χ0n) is 8.45. The summed E-state index contributed by atoms with van der Waals surface area (Å²) in [7, 11) is 3.39. The minimum absolute atomic E-state index is 0.588. The van der Waals surface area contributed by atoms with Gasteiger partial charge in [-0.15, -0.1) is 0 Å². The molecule has 76 valence electrons. The summed E-state index contributed by atoms with van der Waals surface area (Å²) < 4.78 is 11.0. The van der Waals surface area contributed by atoms with Crippen molar-refractivity contribution in [3.05, 3.63) is 35.4 Å². The third-order valence-electron chi connectivity index (χ3n) is 2.55. The summed E-state index contributed by atoms with van der Waals surface area (Å²) in [6.07, 6.45) is 1.09. The van der Waals surface area contributed by atoms with Crippen LogP contribution in [0.15, 0.2) is 24.3 Å². The van der Waals surface area contributed by atoms with E-state index in [0.29, 0.717) is 0 Å². The van der Waals surface area contributed by atoms with Crippen LogP contribution in [-0.2, 0) is 21.0 Å². The second-order valence-electron chi connectivity index (χ2n) is 3.22. The van der Waals surface area contributed by atoms with Crippen LogP contribution in [0.5, 0.6) is 0 Å². The van der Waals surface area contributed by atoms with Crippen LogP contribution in [0.25, 0.3) is 0 Å². The van der Waals surface area contributed by atoms with Crippen molar-refractivity contribution in [3.63, 3.8) is 0 Å². The van der Waals surface area contributed by atoms with Crippen molar-refractivity contribution in [1.82, 2.24) is 0 Å². The van der Waals surface area contributed by atoms with E-state index in [4.69, 9.17) is 9.47 Å². The van der Waals surface area contributed by atoms with Crippen molar-refractivity contribution >= 4 is 11.8 Å². The molecular formula is C11H14O2S. The Morgan fingerprint density at radius 2 is 1.93 bits per heavy atom. The Balaban J connectivity index is 2.48. The molecule has 0 saturated carbocycles. The Labute approximate surface area is 88.6 Å². The molecule has 1 aliphatic rings. The molecule has 0 saturated heterocycles. The second-order valence-corrected chi connectivity index (χ2v) is 4.45. The second kappa shape index (κ2) is 3.93. The Kier molecular flexibility index (Phi) is 2.81. The zero-order chi connectivity index (χ0) is 10.0. The average Bonchev–Trinajstić information content (AvgIpc) is 2.28. The molecule has 0 unspecified atom stereocenters. The van der Waals surface area contributed by atoms with Gasteiger partial charge in [0.2, 0.25) is 5.12 Å². The predicted octanol–water partition coefficient (Wildman–Crippen LogP) is 2.38. The molecule has 0 aromatic heterocycles. The molecule has 0 amide bonds. The Hall–Kier alpha value is -0.510. The van der Waals surface area contributed by atoms with E-state index in [9.17, 15) is 0 Å². The number of thioether (sulfide) groups is 1. The first-order chi connectivity index (χ1) is 6.82. The van der Waals surface area contributed by atoms with Crippen molar-refractivity contribution in [2.24, 2.45) is 0 Å². The first-order valence-corrected chi connectivity index (χ1v) is 5.63. The fraction of sp³-hybridized carbons (Fsp3) is 0.455. The van der Waals surface area contributed by atoms with Gasteiger partial charge in [-0.1, -0.05) is 36.0 Å². The fourth-order valence-corrected chi connectivity index (χ4v) is 3.01. The van der Waals surface area contributed by atoms with E-state index >= 15 is 0 Å². The van der Waals surface area contributed by atoms with E-state index in [1.807, 2.05) is 6.07 Å². The van der Waals surface area contributed by atoms with E-state index in [-0.39, 0.29) is 0 Å². The highest BCUT2D eigenvalue weighted by Gasteiger charge is 2.37. The number of hydrogen-bond acceptors (Lipinski definition) is 3. The van der Waals surface area contributed by atoms with Gasteiger partial charge < -0.3 is 9.47 Å². The number of benzene rings is 1. The largest absolute Gasteiger partial charge is 0.341 e. The van der Waals surface area contributed by atoms with E-state index in [1.54, 1.807) is 26.0 Å². The lowest BCUT2D eigenvalue weighted by atomic mass is 10.0. The highest BCUT2D eigenvalue weighted by molar-refractivity contribution is 8.00. The molecule has 2 nitrogen and oxygen atoms in total. The Morgan fingerprint density at radius 1 is 1.21 bits per heavy atom. The molecule has 0 radical (unpaired) electrons. The van der Waals surface area contributed by atoms with Crippen LogP contribution in [0.3, 0.4) is 0 Å². The molecular weight excluding hydrogens is 196 g/mol. The third-order valence-corrected chi connectivity index (χ3v) is 3.89. The minimum atomic E-state index is -0.588. The van der Waals surface area contributed by atoms with Crippen LogP contribution in [0, 0.1) is 0 Å². The lowest BCUT2D eigenvalue weighted by Gasteiger charge is -2.35. The van der Waals surface area contributed by atoms with Gasteiger partial charge >= 0.3 is 0 Å². The van der Waals surface area contributed by atoms with Gasteiger partial charge in [-0.25, -0.2) is 0 Å². The Bertz CT molecular complexity index is 321. The smallest absolute Gasteiger partial charge is 0.245 e. The van der Waals surface area contributed by atoms with Gasteiger partial charge in [0.25, 0.3) is 0 Å². The van der Waals surface area contributed by atoms with Crippen LogP contribution in [0.2, 0.25) is 0 Å². The van der Waals surface area contributed by atoms with Gasteiger partial charge in [-0.05, 0) is 12.0 Å². The van der Waals surface area contributed by atoms with E-state index < -0.39 is 5.12 Å². The van der Waals surface area contributed by atoms with Crippen LogP contribution >= 0.6 is 11.8 Å². The summed E-state index contributed by atoms with van der Waals surface area (Å²) in [6.45, 7) is 0. The summed E-state index contributed by atoms with van der Waals surface area (Å²) >= 11 is 1.71. The maximum Gasteiger partial charge on any atom is 0.245 e.